The minimum atomic E-state index is -0.974. The Balaban J connectivity index is 2.40. The van der Waals surface area contributed by atoms with Gasteiger partial charge < -0.3 is 5.11 Å². The first-order valence-corrected chi connectivity index (χ1v) is 6.42. The predicted octanol–water partition coefficient (Wildman–Crippen LogP) is 3.26. The van der Waals surface area contributed by atoms with Crippen molar-refractivity contribution in [1.82, 2.24) is 0 Å². The predicted molar refractivity (Wildman–Crippen MR) is 70.5 cm³/mol. The Morgan fingerprint density at radius 3 is 2.61 bits per heavy atom. The summed E-state index contributed by atoms with van der Waals surface area (Å²) in [5.41, 5.74) is 0.796. The van der Waals surface area contributed by atoms with Gasteiger partial charge in [0, 0.05) is 5.56 Å². The molecule has 0 fully saturated rings. The van der Waals surface area contributed by atoms with Crippen LogP contribution in [0.5, 0.6) is 0 Å². The molecule has 18 heavy (non-hydrogen) atoms. The second-order valence-corrected chi connectivity index (χ2v) is 4.98. The molecule has 0 spiro atoms. The summed E-state index contributed by atoms with van der Waals surface area (Å²) in [6, 6.07) is 8.36. The number of halogens is 1. The average Bonchev–Trinajstić information content (AvgIpc) is 2.84. The Morgan fingerprint density at radius 2 is 2.00 bits per heavy atom. The van der Waals surface area contributed by atoms with E-state index in [0.29, 0.717) is 16.0 Å². The van der Waals surface area contributed by atoms with E-state index in [0.717, 1.165) is 0 Å². The third-order valence-electron chi connectivity index (χ3n) is 2.41. The van der Waals surface area contributed by atoms with Gasteiger partial charge in [0.15, 0.2) is 0 Å². The summed E-state index contributed by atoms with van der Waals surface area (Å²) in [6.07, 6.45) is -0.190. The molecule has 0 amide bonds. The van der Waals surface area contributed by atoms with Gasteiger partial charge in [0.1, 0.15) is 0 Å². The van der Waals surface area contributed by atoms with Crippen LogP contribution in [0.4, 0.5) is 0 Å². The Labute approximate surface area is 113 Å². The fourth-order valence-electron chi connectivity index (χ4n) is 1.60. The largest absolute Gasteiger partial charge is 0.481 e. The number of ketones is 1. The lowest BCUT2D eigenvalue weighted by Gasteiger charge is -2.06. The number of thiophene rings is 1. The summed E-state index contributed by atoms with van der Waals surface area (Å²) in [4.78, 5) is 23.4. The van der Waals surface area contributed by atoms with Crippen molar-refractivity contribution in [1.29, 1.82) is 0 Å². The molecule has 1 aromatic carbocycles. The maximum atomic E-state index is 12.1. The Bertz CT molecular complexity index is 590. The molecule has 5 heteroatoms. The minimum Gasteiger partial charge on any atom is -0.481 e. The Hall–Kier alpha value is -1.65. The van der Waals surface area contributed by atoms with Crippen molar-refractivity contribution in [2.24, 2.45) is 0 Å². The first-order chi connectivity index (χ1) is 8.59. The van der Waals surface area contributed by atoms with Gasteiger partial charge in [0.2, 0.25) is 5.78 Å². The van der Waals surface area contributed by atoms with E-state index in [1.807, 2.05) is 5.38 Å². The summed E-state index contributed by atoms with van der Waals surface area (Å²) in [6.45, 7) is 0. The summed E-state index contributed by atoms with van der Waals surface area (Å²) in [7, 11) is 0. The highest BCUT2D eigenvalue weighted by Crippen LogP contribution is 2.25. The van der Waals surface area contributed by atoms with Crippen molar-refractivity contribution in [3.8, 4) is 0 Å². The number of carboxylic acid groups (broad SMARTS) is 1. The maximum absolute atomic E-state index is 12.1. The zero-order chi connectivity index (χ0) is 13.1. The van der Waals surface area contributed by atoms with Gasteiger partial charge >= 0.3 is 5.97 Å². The van der Waals surface area contributed by atoms with Gasteiger partial charge in [-0.3, -0.25) is 9.59 Å². The van der Waals surface area contributed by atoms with Crippen LogP contribution in [-0.4, -0.2) is 16.9 Å². The Kier molecular flexibility index (Phi) is 3.79. The SMILES string of the molecule is O=C(O)Cc1cccc(C(=O)c2cccs2)c1Cl. The van der Waals surface area contributed by atoms with Crippen LogP contribution in [0.2, 0.25) is 5.02 Å². The molecule has 1 heterocycles. The van der Waals surface area contributed by atoms with Gasteiger partial charge in [0.25, 0.3) is 0 Å². The molecule has 0 aliphatic rings. The molecule has 0 saturated carbocycles. The molecule has 0 radical (unpaired) electrons. The average molecular weight is 281 g/mol. The lowest BCUT2D eigenvalue weighted by Crippen LogP contribution is -2.05. The van der Waals surface area contributed by atoms with Crippen LogP contribution in [0, 0.1) is 0 Å². The highest BCUT2D eigenvalue weighted by molar-refractivity contribution is 7.12. The normalized spacial score (nSPS) is 10.3. The fourth-order valence-corrected chi connectivity index (χ4v) is 2.55. The molecule has 92 valence electrons. The van der Waals surface area contributed by atoms with Crippen molar-refractivity contribution in [3.63, 3.8) is 0 Å². The van der Waals surface area contributed by atoms with Crippen LogP contribution >= 0.6 is 22.9 Å². The topological polar surface area (TPSA) is 54.4 Å². The number of rotatable bonds is 4. The van der Waals surface area contributed by atoms with Crippen molar-refractivity contribution < 1.29 is 14.7 Å². The van der Waals surface area contributed by atoms with Gasteiger partial charge in [-0.15, -0.1) is 11.3 Å². The smallest absolute Gasteiger partial charge is 0.307 e. The van der Waals surface area contributed by atoms with Crippen LogP contribution in [-0.2, 0) is 11.2 Å². The first-order valence-electron chi connectivity index (χ1n) is 5.17. The minimum absolute atomic E-state index is 0.178. The lowest BCUT2D eigenvalue weighted by atomic mass is 10.0. The third-order valence-corrected chi connectivity index (χ3v) is 3.72. The number of carbonyl (C=O) groups is 2. The highest BCUT2D eigenvalue weighted by Gasteiger charge is 2.16. The molecule has 0 saturated heterocycles. The molecule has 0 aliphatic heterocycles. The molecule has 1 N–H and O–H groups in total. The van der Waals surface area contributed by atoms with Gasteiger partial charge in [-0.2, -0.15) is 0 Å². The maximum Gasteiger partial charge on any atom is 0.307 e. The van der Waals surface area contributed by atoms with Crippen molar-refractivity contribution in [3.05, 3.63) is 56.7 Å². The monoisotopic (exact) mass is 280 g/mol. The second kappa shape index (κ2) is 5.33. The molecule has 0 unspecified atom stereocenters. The number of hydrogen-bond donors (Lipinski definition) is 1. The zero-order valence-corrected chi connectivity index (χ0v) is 10.8. The van der Waals surface area contributed by atoms with Gasteiger partial charge in [-0.1, -0.05) is 29.8 Å². The molecule has 0 aliphatic carbocycles. The van der Waals surface area contributed by atoms with E-state index in [9.17, 15) is 9.59 Å². The van der Waals surface area contributed by atoms with Crippen LogP contribution in [0.1, 0.15) is 20.8 Å². The number of hydrogen-bond acceptors (Lipinski definition) is 3. The number of carboxylic acids is 1. The lowest BCUT2D eigenvalue weighted by molar-refractivity contribution is -0.136. The summed E-state index contributed by atoms with van der Waals surface area (Å²) in [5.74, 6) is -1.15. The van der Waals surface area contributed by atoms with Crippen molar-refractivity contribution >= 4 is 34.7 Å². The molecule has 1 aromatic heterocycles. The summed E-state index contributed by atoms with van der Waals surface area (Å²) < 4.78 is 0. The standard InChI is InChI=1S/C13H9ClO3S/c14-12-8(7-11(15)16)3-1-4-9(12)13(17)10-5-2-6-18-10/h1-6H,7H2,(H,15,16). The summed E-state index contributed by atoms with van der Waals surface area (Å²) >= 11 is 7.41. The molecule has 0 atom stereocenters. The van der Waals surface area contributed by atoms with Crippen molar-refractivity contribution in [2.75, 3.05) is 0 Å². The van der Waals surface area contributed by atoms with Crippen molar-refractivity contribution in [2.45, 2.75) is 6.42 Å². The van der Waals surface area contributed by atoms with Crippen LogP contribution in [0.3, 0.4) is 0 Å². The van der Waals surface area contributed by atoms with Gasteiger partial charge in [0.05, 0.1) is 16.3 Å². The number of benzene rings is 1. The quantitative estimate of drug-likeness (QED) is 0.875. The molecule has 0 bridgehead atoms. The van der Waals surface area contributed by atoms with Crippen LogP contribution in [0.15, 0.2) is 35.7 Å². The van der Waals surface area contributed by atoms with Gasteiger partial charge in [-0.05, 0) is 23.1 Å². The van der Waals surface area contributed by atoms with E-state index in [1.165, 1.54) is 11.3 Å². The molecule has 2 rings (SSSR count). The Morgan fingerprint density at radius 1 is 1.22 bits per heavy atom. The zero-order valence-electron chi connectivity index (χ0n) is 9.22. The first kappa shape index (κ1) is 12.8. The number of aliphatic carboxylic acids is 1. The van der Waals surface area contributed by atoms with Gasteiger partial charge in [-0.25, -0.2) is 0 Å². The second-order valence-electron chi connectivity index (χ2n) is 3.66. The van der Waals surface area contributed by atoms with E-state index < -0.39 is 5.97 Å². The van der Waals surface area contributed by atoms with E-state index in [4.69, 9.17) is 16.7 Å². The molecular formula is C13H9ClO3S. The van der Waals surface area contributed by atoms with E-state index in [-0.39, 0.29) is 17.2 Å². The van der Waals surface area contributed by atoms with Crippen LogP contribution in [0.25, 0.3) is 0 Å². The molecule has 2 aromatic rings. The van der Waals surface area contributed by atoms with E-state index >= 15 is 0 Å². The number of carbonyl (C=O) groups excluding carboxylic acids is 1. The molecule has 3 nitrogen and oxygen atoms in total. The molecular weight excluding hydrogens is 272 g/mol. The third kappa shape index (κ3) is 2.60. The van der Waals surface area contributed by atoms with E-state index in [2.05, 4.69) is 0 Å². The van der Waals surface area contributed by atoms with E-state index in [1.54, 1.807) is 30.3 Å². The summed E-state index contributed by atoms with van der Waals surface area (Å²) in [5, 5.41) is 10.8. The fraction of sp³-hybridized carbons (Fsp3) is 0.0769. The van der Waals surface area contributed by atoms with Crippen LogP contribution < -0.4 is 0 Å². The highest BCUT2D eigenvalue weighted by atomic mass is 35.5.